The van der Waals surface area contributed by atoms with Gasteiger partial charge in [-0.2, -0.15) is 0 Å². The van der Waals surface area contributed by atoms with Gasteiger partial charge in [0, 0.05) is 58.2 Å². The maximum atomic E-state index is 13.0. The second-order valence-electron chi connectivity index (χ2n) is 23.3. The number of fused-ring (bicyclic) bond motifs is 8. The Bertz CT molecular complexity index is 3030. The number of nitrogens with one attached hydrogen (secondary N) is 2. The zero-order valence-electron chi connectivity index (χ0n) is 43.9. The van der Waals surface area contributed by atoms with Crippen LogP contribution in [0.25, 0.3) is 0 Å². The molecule has 2 saturated carbocycles. The van der Waals surface area contributed by atoms with E-state index < -0.39 is 44.1 Å². The van der Waals surface area contributed by atoms with Crippen molar-refractivity contribution in [3.8, 4) is 11.5 Å². The molecule has 2 fully saturated rings. The highest BCUT2D eigenvalue weighted by Gasteiger charge is 2.46. The van der Waals surface area contributed by atoms with Crippen molar-refractivity contribution < 1.29 is 46.1 Å². The van der Waals surface area contributed by atoms with Gasteiger partial charge in [0.05, 0.1) is 48.3 Å². The second-order valence-corrected chi connectivity index (χ2v) is 27.9. The normalized spacial score (nSPS) is 31.1. The van der Waals surface area contributed by atoms with Gasteiger partial charge in [-0.3, -0.25) is 9.59 Å². The van der Waals surface area contributed by atoms with Crippen molar-refractivity contribution in [2.75, 3.05) is 60.7 Å². The molecule has 0 aromatic heterocycles. The molecule has 4 aromatic carbocycles. The molecule has 2 spiro atoms. The number of ether oxygens (including phenoxy) is 2. The number of allylic oxidation sites excluding steroid dienone is 2. The number of carbonyl (C=O) groups is 2. The number of aliphatic hydroxyl groups excluding tert-OH is 2. The summed E-state index contributed by atoms with van der Waals surface area (Å²) in [5, 5.41) is 22.7. The molecule has 18 heteroatoms. The van der Waals surface area contributed by atoms with Gasteiger partial charge >= 0.3 is 0 Å². The number of aliphatic hydroxyl groups is 2. The Labute approximate surface area is 468 Å². The largest absolute Gasteiger partial charge is 0.490 e. The van der Waals surface area contributed by atoms with Crippen molar-refractivity contribution in [3.05, 3.63) is 141 Å². The average Bonchev–Trinajstić information content (AvgIpc) is 3.81. The van der Waals surface area contributed by atoms with Crippen LogP contribution in [0.4, 0.5) is 11.4 Å². The fourth-order valence-corrected chi connectivity index (χ4v) is 16.0. The van der Waals surface area contributed by atoms with E-state index in [1.165, 1.54) is 22.3 Å². The number of hydrogen-bond donors (Lipinski definition) is 4. The standard InChI is InChI=1S/2C30H35ClN2O5S/c2*31-24-9-10-26-21(14-24)4-3-12-30(26)18-33-17-23-7-6-20(23)15-25(34)5-1-2-13-39(36,37)32-29(35)22-8-11-28(38-19-30)27(33)16-22/h2*1,5,8-11,14,16,20,23,25,34H,2-4,6-7,12-13,15,17-19H2,(H,32,35)/b2*5-1+/t20-,23-,25+,30-;20-,23-,25-,30-/m00/s1. The summed E-state index contributed by atoms with van der Waals surface area (Å²) in [6.45, 7) is 4.05. The van der Waals surface area contributed by atoms with Gasteiger partial charge in [-0.1, -0.05) is 59.6 Å². The molecule has 8 aliphatic rings. The summed E-state index contributed by atoms with van der Waals surface area (Å²) >= 11 is 12.7. The van der Waals surface area contributed by atoms with Crippen LogP contribution < -0.4 is 28.7 Å². The molecule has 0 saturated heterocycles. The van der Waals surface area contributed by atoms with Crippen LogP contribution in [0.1, 0.15) is 120 Å². The number of hydrogen-bond acceptors (Lipinski definition) is 12. The molecule has 4 N–H and O–H groups in total. The molecule has 2 amide bonds. The number of rotatable bonds is 0. The first-order valence-electron chi connectivity index (χ1n) is 27.8. The van der Waals surface area contributed by atoms with E-state index in [-0.39, 0.29) is 35.2 Å². The van der Waals surface area contributed by atoms with E-state index in [1.54, 1.807) is 60.7 Å². The summed E-state index contributed by atoms with van der Waals surface area (Å²) in [4.78, 5) is 30.8. The quantitative estimate of drug-likeness (QED) is 0.122. The van der Waals surface area contributed by atoms with Gasteiger partial charge in [-0.05, 0) is 196 Å². The number of sulfonamides is 2. The molecule has 8 atom stereocenters. The van der Waals surface area contributed by atoms with Crippen molar-refractivity contribution in [1.82, 2.24) is 9.44 Å². The third kappa shape index (κ3) is 11.9. The van der Waals surface area contributed by atoms with Crippen molar-refractivity contribution in [2.45, 2.75) is 113 Å². The Hall–Kier alpha value is -5.10. The molecule has 0 unspecified atom stereocenters. The van der Waals surface area contributed by atoms with Crippen LogP contribution in [0.15, 0.2) is 97.1 Å². The first kappa shape index (κ1) is 54.8. The SMILES string of the molecule is O=C1NS(=O)(=O)CC/C=C/[C@@H](O)C[C@@H]2CC[C@H]2CN2C[C@@]3(CCCc4cc(Cl)ccc43)COc3ccc1cc32.O=C1NS(=O)(=O)CC/C=C/[C@H](O)C[C@@H]2CC[C@H]2CN2C[C@@]3(CCCc4cc(Cl)ccc43)COc3ccc1cc32. The summed E-state index contributed by atoms with van der Waals surface area (Å²) in [6, 6.07) is 22.8. The average molecular weight is 1140 g/mol. The lowest BCUT2D eigenvalue weighted by molar-refractivity contribution is 0.0972. The fourth-order valence-electron chi connectivity index (χ4n) is 13.7. The van der Waals surface area contributed by atoms with Gasteiger partial charge in [0.25, 0.3) is 11.8 Å². The first-order chi connectivity index (χ1) is 37.4. The van der Waals surface area contributed by atoms with Crippen LogP contribution in [0.3, 0.4) is 0 Å². The molecule has 78 heavy (non-hydrogen) atoms. The monoisotopic (exact) mass is 1140 g/mol. The highest BCUT2D eigenvalue weighted by Crippen LogP contribution is 2.49. The van der Waals surface area contributed by atoms with E-state index in [1.807, 2.05) is 12.1 Å². The molecule has 4 bridgehead atoms. The predicted molar refractivity (Wildman–Crippen MR) is 304 cm³/mol. The number of halogens is 2. The molecule has 14 nitrogen and oxygen atoms in total. The van der Waals surface area contributed by atoms with Crippen molar-refractivity contribution in [2.24, 2.45) is 23.7 Å². The Morgan fingerprint density at radius 2 is 0.987 bits per heavy atom. The predicted octanol–water partition coefficient (Wildman–Crippen LogP) is 9.22. The molecule has 4 aliphatic heterocycles. The molecular formula is C60H70Cl2N4O10S2. The number of nitrogens with zero attached hydrogens (tertiary/aromatic N) is 2. The molecule has 0 radical (unpaired) electrons. The molecule has 4 heterocycles. The summed E-state index contributed by atoms with van der Waals surface area (Å²) < 4.78 is 67.7. The van der Waals surface area contributed by atoms with Crippen LogP contribution in [0.5, 0.6) is 11.5 Å². The zero-order valence-corrected chi connectivity index (χ0v) is 47.0. The van der Waals surface area contributed by atoms with E-state index in [0.717, 1.165) is 112 Å². The van der Waals surface area contributed by atoms with Gasteiger partial charge in [0.15, 0.2) is 0 Å². The molecule has 4 aromatic rings. The highest BCUT2D eigenvalue weighted by molar-refractivity contribution is 7.90. The maximum absolute atomic E-state index is 13.0. The fraction of sp³-hybridized carbons (Fsp3) is 0.500. The van der Waals surface area contributed by atoms with Gasteiger partial charge < -0.3 is 29.5 Å². The van der Waals surface area contributed by atoms with E-state index in [9.17, 15) is 36.6 Å². The van der Waals surface area contributed by atoms with Crippen molar-refractivity contribution in [1.29, 1.82) is 0 Å². The first-order valence-corrected chi connectivity index (χ1v) is 31.9. The number of amides is 2. The van der Waals surface area contributed by atoms with Gasteiger partial charge in [0.2, 0.25) is 20.0 Å². The van der Waals surface area contributed by atoms with Crippen LogP contribution in [0, 0.1) is 23.7 Å². The minimum absolute atomic E-state index is 0.222. The van der Waals surface area contributed by atoms with Crippen LogP contribution >= 0.6 is 23.2 Å². The lowest BCUT2D eigenvalue weighted by Gasteiger charge is -2.45. The number of benzene rings is 4. The van der Waals surface area contributed by atoms with E-state index in [0.29, 0.717) is 72.4 Å². The Morgan fingerprint density at radius 1 is 0.564 bits per heavy atom. The van der Waals surface area contributed by atoms with Crippen LogP contribution in [-0.4, -0.2) is 102 Å². The Kier molecular flexibility index (Phi) is 15.8. The van der Waals surface area contributed by atoms with Crippen molar-refractivity contribution in [3.63, 3.8) is 0 Å². The lowest BCUT2D eigenvalue weighted by atomic mass is 9.68. The van der Waals surface area contributed by atoms with Gasteiger partial charge in [-0.15, -0.1) is 0 Å². The highest BCUT2D eigenvalue weighted by atomic mass is 35.5. The maximum Gasteiger partial charge on any atom is 0.264 e. The molecular weight excluding hydrogens is 1070 g/mol. The third-order valence-corrected chi connectivity index (χ3v) is 21.1. The summed E-state index contributed by atoms with van der Waals surface area (Å²) in [5.41, 5.74) is 6.82. The Morgan fingerprint density at radius 3 is 1.40 bits per heavy atom. The minimum atomic E-state index is -3.82. The van der Waals surface area contributed by atoms with E-state index >= 15 is 0 Å². The number of anilines is 2. The van der Waals surface area contributed by atoms with Gasteiger partial charge in [-0.25, -0.2) is 26.3 Å². The molecule has 4 aliphatic carbocycles. The smallest absolute Gasteiger partial charge is 0.264 e. The zero-order chi connectivity index (χ0) is 54.4. The number of carbonyl (C=O) groups excluding carboxylic acids is 2. The van der Waals surface area contributed by atoms with Crippen LogP contribution in [-0.2, 0) is 43.7 Å². The Balaban J connectivity index is 0.000000165. The second kappa shape index (κ2) is 22.4. The molecule has 12 rings (SSSR count). The number of aryl methyl sites for hydroxylation is 2. The summed E-state index contributed by atoms with van der Waals surface area (Å²) in [7, 11) is -7.65. The third-order valence-electron chi connectivity index (χ3n) is 18.1. The summed E-state index contributed by atoms with van der Waals surface area (Å²) in [5.74, 6) is 1.26. The summed E-state index contributed by atoms with van der Waals surface area (Å²) in [6.07, 6.45) is 17.7. The topological polar surface area (TPSA) is 192 Å². The van der Waals surface area contributed by atoms with E-state index in [2.05, 4.69) is 43.5 Å². The van der Waals surface area contributed by atoms with E-state index in [4.69, 9.17) is 32.7 Å². The van der Waals surface area contributed by atoms with Gasteiger partial charge in [0.1, 0.15) is 11.5 Å². The van der Waals surface area contributed by atoms with Crippen LogP contribution in [0.2, 0.25) is 10.0 Å². The van der Waals surface area contributed by atoms with Crippen molar-refractivity contribution >= 4 is 66.4 Å². The molecule has 416 valence electrons. The lowest BCUT2D eigenvalue weighted by Crippen LogP contribution is -2.48. The minimum Gasteiger partial charge on any atom is -0.490 e.